The molecule has 0 amide bonds. The molecule has 2 aromatic carbocycles. The average molecular weight is 303 g/mol. The third-order valence-electron chi connectivity index (χ3n) is 2.96. The second kappa shape index (κ2) is 5.48. The Morgan fingerprint density at radius 2 is 1.68 bits per heavy atom. The first-order chi connectivity index (χ1) is 10.5. The lowest BCUT2D eigenvalue weighted by Crippen LogP contribution is -2.06. The Hall–Kier alpha value is -2.89. The van der Waals surface area contributed by atoms with Gasteiger partial charge in [-0.2, -0.15) is 0 Å². The molecule has 1 heterocycles. The molecule has 0 atom stereocenters. The summed E-state index contributed by atoms with van der Waals surface area (Å²) >= 11 is 0. The third kappa shape index (κ3) is 2.76. The van der Waals surface area contributed by atoms with Crippen LogP contribution in [0.2, 0.25) is 0 Å². The van der Waals surface area contributed by atoms with Gasteiger partial charge in [0.25, 0.3) is 0 Å². The van der Waals surface area contributed by atoms with Crippen molar-refractivity contribution in [3.05, 3.63) is 76.7 Å². The Labute approximate surface area is 123 Å². The maximum atomic E-state index is 13.2. The van der Waals surface area contributed by atoms with Crippen LogP contribution in [0.3, 0.4) is 0 Å². The van der Waals surface area contributed by atoms with Crippen molar-refractivity contribution >= 4 is 17.9 Å². The first kappa shape index (κ1) is 14.1. The van der Waals surface area contributed by atoms with E-state index in [0.717, 1.165) is 12.1 Å². The van der Waals surface area contributed by atoms with E-state index in [1.54, 1.807) is 0 Å². The monoisotopic (exact) mass is 303 g/mol. The average Bonchev–Trinajstić information content (AvgIpc) is 2.85. The fourth-order valence-electron chi connectivity index (χ4n) is 1.88. The molecule has 22 heavy (non-hydrogen) atoms. The van der Waals surface area contributed by atoms with E-state index in [0.29, 0.717) is 5.56 Å². The van der Waals surface area contributed by atoms with Crippen molar-refractivity contribution in [1.82, 2.24) is 0 Å². The molecule has 1 aliphatic heterocycles. The Kier molecular flexibility index (Phi) is 3.50. The van der Waals surface area contributed by atoms with Gasteiger partial charge < -0.3 is 4.74 Å². The van der Waals surface area contributed by atoms with Gasteiger partial charge in [-0.1, -0.05) is 12.1 Å². The zero-order chi connectivity index (χ0) is 15.7. The predicted molar refractivity (Wildman–Crippen MR) is 73.4 cm³/mol. The summed E-state index contributed by atoms with van der Waals surface area (Å²) in [6, 6.07) is 8.50. The molecule has 0 spiro atoms. The minimum atomic E-state index is -1.06. The van der Waals surface area contributed by atoms with Crippen molar-refractivity contribution in [3.8, 4) is 0 Å². The molecule has 0 saturated heterocycles. The summed E-state index contributed by atoms with van der Waals surface area (Å²) in [4.78, 5) is 15.7. The zero-order valence-electron chi connectivity index (χ0n) is 11.0. The standard InChI is InChI=1S/C16H8F3NO2/c17-11-4-1-9(2-5-11)7-14-16(21)22-15(20-14)10-3-6-12(18)13(19)8-10/h1-8H/b14-7+. The van der Waals surface area contributed by atoms with Crippen LogP contribution >= 0.6 is 0 Å². The van der Waals surface area contributed by atoms with Crippen LogP contribution < -0.4 is 0 Å². The van der Waals surface area contributed by atoms with E-state index in [-0.39, 0.29) is 17.2 Å². The number of nitrogens with zero attached hydrogens (tertiary/aromatic N) is 1. The van der Waals surface area contributed by atoms with E-state index in [1.165, 1.54) is 36.4 Å². The molecular formula is C16H8F3NO2. The number of rotatable bonds is 2. The first-order valence-electron chi connectivity index (χ1n) is 6.26. The Morgan fingerprint density at radius 3 is 2.36 bits per heavy atom. The van der Waals surface area contributed by atoms with E-state index < -0.39 is 23.4 Å². The second-order valence-electron chi connectivity index (χ2n) is 4.52. The van der Waals surface area contributed by atoms with Crippen LogP contribution in [0.5, 0.6) is 0 Å². The highest BCUT2D eigenvalue weighted by atomic mass is 19.2. The number of halogens is 3. The molecular weight excluding hydrogens is 295 g/mol. The van der Waals surface area contributed by atoms with Crippen molar-refractivity contribution in [1.29, 1.82) is 0 Å². The smallest absolute Gasteiger partial charge is 0.363 e. The van der Waals surface area contributed by atoms with E-state index >= 15 is 0 Å². The van der Waals surface area contributed by atoms with Gasteiger partial charge in [-0.05, 0) is 42.0 Å². The topological polar surface area (TPSA) is 38.7 Å². The van der Waals surface area contributed by atoms with Crippen molar-refractivity contribution in [2.75, 3.05) is 0 Å². The van der Waals surface area contributed by atoms with Gasteiger partial charge in [0.15, 0.2) is 17.3 Å². The lowest BCUT2D eigenvalue weighted by atomic mass is 10.2. The lowest BCUT2D eigenvalue weighted by molar-refractivity contribution is -0.129. The van der Waals surface area contributed by atoms with Gasteiger partial charge in [-0.15, -0.1) is 0 Å². The van der Waals surface area contributed by atoms with E-state index in [2.05, 4.69) is 4.99 Å². The summed E-state index contributed by atoms with van der Waals surface area (Å²) < 4.78 is 43.8. The Bertz CT molecular complexity index is 811. The molecule has 0 saturated carbocycles. The maximum absolute atomic E-state index is 13.2. The normalized spacial score (nSPS) is 15.9. The summed E-state index contributed by atoms with van der Waals surface area (Å²) in [5.41, 5.74) is 0.699. The van der Waals surface area contributed by atoms with Crippen molar-refractivity contribution < 1.29 is 22.7 Å². The van der Waals surface area contributed by atoms with Gasteiger partial charge in [0.1, 0.15) is 5.82 Å². The Morgan fingerprint density at radius 1 is 0.955 bits per heavy atom. The van der Waals surface area contributed by atoms with Crippen molar-refractivity contribution in [3.63, 3.8) is 0 Å². The molecule has 0 aromatic heterocycles. The van der Waals surface area contributed by atoms with Gasteiger partial charge >= 0.3 is 5.97 Å². The lowest BCUT2D eigenvalue weighted by Gasteiger charge is -1.99. The van der Waals surface area contributed by atoms with Crippen LogP contribution in [0.1, 0.15) is 11.1 Å². The van der Waals surface area contributed by atoms with Crippen LogP contribution in [-0.4, -0.2) is 11.9 Å². The van der Waals surface area contributed by atoms with Crippen LogP contribution in [0, 0.1) is 17.5 Å². The molecule has 2 aromatic rings. The largest absolute Gasteiger partial charge is 0.402 e. The van der Waals surface area contributed by atoms with Crippen LogP contribution in [0.25, 0.3) is 6.08 Å². The van der Waals surface area contributed by atoms with Crippen LogP contribution in [0.15, 0.2) is 53.2 Å². The molecule has 0 aliphatic carbocycles. The number of ether oxygens (including phenoxy) is 1. The number of carbonyl (C=O) groups excluding carboxylic acids is 1. The van der Waals surface area contributed by atoms with Gasteiger partial charge in [-0.25, -0.2) is 23.0 Å². The number of cyclic esters (lactones) is 1. The fourth-order valence-corrected chi connectivity index (χ4v) is 1.88. The number of hydrogen-bond acceptors (Lipinski definition) is 3. The molecule has 110 valence electrons. The van der Waals surface area contributed by atoms with E-state index in [9.17, 15) is 18.0 Å². The zero-order valence-corrected chi connectivity index (χ0v) is 11.0. The van der Waals surface area contributed by atoms with Crippen molar-refractivity contribution in [2.24, 2.45) is 4.99 Å². The number of aliphatic imine (C=N–C) groups is 1. The summed E-state index contributed by atoms with van der Waals surface area (Å²) in [6.45, 7) is 0. The fraction of sp³-hybridized carbons (Fsp3) is 0. The van der Waals surface area contributed by atoms with E-state index in [1.807, 2.05) is 0 Å². The predicted octanol–water partition coefficient (Wildman–Crippen LogP) is 3.45. The summed E-state index contributed by atoms with van der Waals surface area (Å²) in [7, 11) is 0. The van der Waals surface area contributed by atoms with Crippen LogP contribution in [-0.2, 0) is 9.53 Å². The highest BCUT2D eigenvalue weighted by Gasteiger charge is 2.24. The number of benzene rings is 2. The molecule has 0 unspecified atom stereocenters. The highest BCUT2D eigenvalue weighted by molar-refractivity contribution is 6.12. The SMILES string of the molecule is O=C1OC(c2ccc(F)c(F)c2)=N/C1=C/c1ccc(F)cc1. The third-order valence-corrected chi connectivity index (χ3v) is 2.96. The van der Waals surface area contributed by atoms with Gasteiger partial charge in [0.2, 0.25) is 5.90 Å². The summed E-state index contributed by atoms with van der Waals surface area (Å²) in [5.74, 6) is -3.30. The minimum Gasteiger partial charge on any atom is -0.402 e. The van der Waals surface area contributed by atoms with E-state index in [4.69, 9.17) is 4.74 Å². The number of carbonyl (C=O) groups is 1. The highest BCUT2D eigenvalue weighted by Crippen LogP contribution is 2.20. The first-order valence-corrected chi connectivity index (χ1v) is 6.26. The van der Waals surface area contributed by atoms with Crippen LogP contribution in [0.4, 0.5) is 13.2 Å². The molecule has 6 heteroatoms. The summed E-state index contributed by atoms with van der Waals surface area (Å²) in [5, 5.41) is 0. The van der Waals surface area contributed by atoms with Gasteiger partial charge in [-0.3, -0.25) is 0 Å². The maximum Gasteiger partial charge on any atom is 0.363 e. The quantitative estimate of drug-likeness (QED) is 0.629. The number of hydrogen-bond donors (Lipinski definition) is 0. The molecule has 0 N–H and O–H groups in total. The molecule has 0 radical (unpaired) electrons. The molecule has 1 aliphatic rings. The van der Waals surface area contributed by atoms with Gasteiger partial charge in [0.05, 0.1) is 0 Å². The molecule has 3 nitrogen and oxygen atoms in total. The molecule has 0 fully saturated rings. The van der Waals surface area contributed by atoms with Crippen molar-refractivity contribution in [2.45, 2.75) is 0 Å². The second-order valence-corrected chi connectivity index (χ2v) is 4.52. The van der Waals surface area contributed by atoms with Gasteiger partial charge in [0, 0.05) is 5.56 Å². The molecule has 0 bridgehead atoms. The number of esters is 1. The Balaban J connectivity index is 1.94. The molecule has 3 rings (SSSR count). The summed E-state index contributed by atoms with van der Waals surface area (Å²) in [6.07, 6.45) is 1.41. The minimum absolute atomic E-state index is 0.00802.